The molecule has 0 unspecified atom stereocenters. The number of hydrogen-bond acceptors (Lipinski definition) is 4. The molecule has 0 atom stereocenters. The highest BCUT2D eigenvalue weighted by molar-refractivity contribution is 6.05. The predicted octanol–water partition coefficient (Wildman–Crippen LogP) is 2.61. The van der Waals surface area contributed by atoms with Crippen molar-refractivity contribution in [3.05, 3.63) is 69.3 Å². The molecular formula is C15H15N3O3. The van der Waals surface area contributed by atoms with Gasteiger partial charge in [-0.3, -0.25) is 14.9 Å². The van der Waals surface area contributed by atoms with Gasteiger partial charge in [-0.05, 0) is 36.2 Å². The second-order valence-corrected chi connectivity index (χ2v) is 4.61. The quantitative estimate of drug-likeness (QED) is 0.666. The van der Waals surface area contributed by atoms with Crippen molar-refractivity contribution < 1.29 is 9.72 Å². The number of nitrogens with zero attached hydrogens (tertiary/aromatic N) is 1. The highest BCUT2D eigenvalue weighted by Gasteiger charge is 2.13. The Morgan fingerprint density at radius 2 is 2.05 bits per heavy atom. The molecule has 6 heteroatoms. The fourth-order valence-corrected chi connectivity index (χ4v) is 1.99. The average molecular weight is 285 g/mol. The highest BCUT2D eigenvalue weighted by Crippen LogP contribution is 2.19. The van der Waals surface area contributed by atoms with Crippen LogP contribution in [0.3, 0.4) is 0 Å². The van der Waals surface area contributed by atoms with Gasteiger partial charge in [0.25, 0.3) is 11.6 Å². The summed E-state index contributed by atoms with van der Waals surface area (Å²) in [4.78, 5) is 22.4. The Morgan fingerprint density at radius 3 is 2.67 bits per heavy atom. The van der Waals surface area contributed by atoms with E-state index in [-0.39, 0.29) is 11.6 Å². The number of non-ortho nitro benzene ring substituents is 1. The first-order valence-electron chi connectivity index (χ1n) is 6.36. The van der Waals surface area contributed by atoms with Crippen molar-refractivity contribution in [2.75, 3.05) is 5.32 Å². The highest BCUT2D eigenvalue weighted by atomic mass is 16.6. The molecule has 0 radical (unpaired) electrons. The van der Waals surface area contributed by atoms with E-state index in [1.165, 1.54) is 18.2 Å². The molecule has 0 saturated heterocycles. The van der Waals surface area contributed by atoms with E-state index < -0.39 is 4.92 Å². The maximum Gasteiger partial charge on any atom is 0.269 e. The minimum Gasteiger partial charge on any atom is -0.326 e. The number of carbonyl (C=O) groups excluding carboxylic acids is 1. The normalized spacial score (nSPS) is 10.2. The van der Waals surface area contributed by atoms with E-state index in [2.05, 4.69) is 5.32 Å². The minimum absolute atomic E-state index is 0.0332. The van der Waals surface area contributed by atoms with Crippen LogP contribution in [0.25, 0.3) is 0 Å². The van der Waals surface area contributed by atoms with Gasteiger partial charge in [0.05, 0.1) is 4.92 Å². The molecule has 3 N–H and O–H groups in total. The van der Waals surface area contributed by atoms with E-state index in [9.17, 15) is 14.9 Å². The lowest BCUT2D eigenvalue weighted by atomic mass is 10.1. The summed E-state index contributed by atoms with van der Waals surface area (Å²) in [6.07, 6.45) is 0. The Labute approximate surface area is 121 Å². The number of anilines is 1. The Hall–Kier alpha value is -2.73. The second kappa shape index (κ2) is 6.15. The number of nitro benzene ring substituents is 1. The molecule has 0 aromatic heterocycles. The summed E-state index contributed by atoms with van der Waals surface area (Å²) in [5.41, 5.74) is 8.02. The molecule has 0 aliphatic heterocycles. The molecule has 108 valence electrons. The van der Waals surface area contributed by atoms with E-state index in [1.807, 2.05) is 6.07 Å². The lowest BCUT2D eigenvalue weighted by Gasteiger charge is -2.08. The fourth-order valence-electron chi connectivity index (χ4n) is 1.99. The minimum atomic E-state index is -0.487. The Kier molecular flexibility index (Phi) is 4.30. The summed E-state index contributed by atoms with van der Waals surface area (Å²) in [5, 5.41) is 13.4. The van der Waals surface area contributed by atoms with Gasteiger partial charge in [0.2, 0.25) is 0 Å². The molecular weight excluding hydrogens is 270 g/mol. The number of nitrogens with two attached hydrogens (primary N) is 1. The molecule has 0 aliphatic carbocycles. The smallest absolute Gasteiger partial charge is 0.269 e. The number of amides is 1. The number of rotatable bonds is 4. The van der Waals surface area contributed by atoms with E-state index in [0.29, 0.717) is 23.4 Å². The van der Waals surface area contributed by atoms with Crippen molar-refractivity contribution in [1.82, 2.24) is 0 Å². The lowest BCUT2D eigenvalue weighted by molar-refractivity contribution is -0.384. The van der Waals surface area contributed by atoms with Crippen molar-refractivity contribution in [1.29, 1.82) is 0 Å². The zero-order chi connectivity index (χ0) is 15.4. The standard InChI is InChI=1S/C15H15N3O3/c1-10-7-13(18(20)21)5-6-14(10)15(19)17-12-4-2-3-11(8-12)9-16/h2-8H,9,16H2,1H3,(H,17,19). The molecule has 0 fully saturated rings. The fraction of sp³-hybridized carbons (Fsp3) is 0.133. The SMILES string of the molecule is Cc1cc([N+](=O)[O-])ccc1C(=O)Nc1cccc(CN)c1. The van der Waals surface area contributed by atoms with Gasteiger partial charge in [0.1, 0.15) is 0 Å². The van der Waals surface area contributed by atoms with Crippen LogP contribution >= 0.6 is 0 Å². The van der Waals surface area contributed by atoms with Gasteiger partial charge in [-0.2, -0.15) is 0 Å². The molecule has 0 saturated carbocycles. The molecule has 0 aliphatic rings. The zero-order valence-corrected chi connectivity index (χ0v) is 11.5. The molecule has 0 spiro atoms. The largest absolute Gasteiger partial charge is 0.326 e. The van der Waals surface area contributed by atoms with E-state index in [1.54, 1.807) is 25.1 Å². The van der Waals surface area contributed by atoms with Crippen molar-refractivity contribution in [3.63, 3.8) is 0 Å². The Bertz CT molecular complexity index is 698. The molecule has 2 aromatic rings. The van der Waals surface area contributed by atoms with Crippen molar-refractivity contribution in [3.8, 4) is 0 Å². The monoisotopic (exact) mass is 285 g/mol. The predicted molar refractivity (Wildman–Crippen MR) is 80.1 cm³/mol. The van der Waals surface area contributed by atoms with Gasteiger partial charge < -0.3 is 11.1 Å². The lowest BCUT2D eigenvalue weighted by Crippen LogP contribution is -2.13. The number of hydrogen-bond donors (Lipinski definition) is 2. The number of nitrogens with one attached hydrogen (secondary N) is 1. The number of aryl methyl sites for hydroxylation is 1. The summed E-state index contributed by atoms with van der Waals surface area (Å²) in [7, 11) is 0. The number of benzene rings is 2. The van der Waals surface area contributed by atoms with Crippen molar-refractivity contribution in [2.24, 2.45) is 5.73 Å². The first-order valence-corrected chi connectivity index (χ1v) is 6.36. The summed E-state index contributed by atoms with van der Waals surface area (Å²) >= 11 is 0. The van der Waals surface area contributed by atoms with Gasteiger partial charge in [0, 0.05) is 29.9 Å². The Balaban J connectivity index is 2.22. The van der Waals surface area contributed by atoms with Gasteiger partial charge in [-0.15, -0.1) is 0 Å². The molecule has 0 heterocycles. The molecule has 2 rings (SSSR count). The van der Waals surface area contributed by atoms with Gasteiger partial charge in [-0.1, -0.05) is 12.1 Å². The van der Waals surface area contributed by atoms with Gasteiger partial charge >= 0.3 is 0 Å². The van der Waals surface area contributed by atoms with Crippen LogP contribution in [0.1, 0.15) is 21.5 Å². The third kappa shape index (κ3) is 3.43. The van der Waals surface area contributed by atoms with Gasteiger partial charge in [0.15, 0.2) is 0 Å². The third-order valence-electron chi connectivity index (χ3n) is 3.09. The maximum atomic E-state index is 12.2. The summed E-state index contributed by atoms with van der Waals surface area (Å²) in [6.45, 7) is 2.05. The van der Waals surface area contributed by atoms with E-state index >= 15 is 0 Å². The third-order valence-corrected chi connectivity index (χ3v) is 3.09. The molecule has 0 bridgehead atoms. The van der Waals surface area contributed by atoms with E-state index in [4.69, 9.17) is 5.73 Å². The van der Waals surface area contributed by atoms with Crippen LogP contribution in [0.2, 0.25) is 0 Å². The van der Waals surface area contributed by atoms with Crippen LogP contribution in [0.15, 0.2) is 42.5 Å². The van der Waals surface area contributed by atoms with Crippen LogP contribution in [0.4, 0.5) is 11.4 Å². The van der Waals surface area contributed by atoms with Gasteiger partial charge in [-0.25, -0.2) is 0 Å². The van der Waals surface area contributed by atoms with Crippen LogP contribution in [-0.2, 0) is 6.54 Å². The first-order chi connectivity index (χ1) is 10.0. The second-order valence-electron chi connectivity index (χ2n) is 4.61. The molecule has 21 heavy (non-hydrogen) atoms. The zero-order valence-electron chi connectivity index (χ0n) is 11.5. The molecule has 1 amide bonds. The van der Waals surface area contributed by atoms with E-state index in [0.717, 1.165) is 5.56 Å². The van der Waals surface area contributed by atoms with Crippen LogP contribution < -0.4 is 11.1 Å². The van der Waals surface area contributed by atoms with Crippen molar-refractivity contribution in [2.45, 2.75) is 13.5 Å². The summed E-state index contributed by atoms with van der Waals surface area (Å²) in [6, 6.07) is 11.4. The molecule has 6 nitrogen and oxygen atoms in total. The average Bonchev–Trinajstić information content (AvgIpc) is 2.47. The number of nitro groups is 1. The van der Waals surface area contributed by atoms with Crippen LogP contribution in [-0.4, -0.2) is 10.8 Å². The summed E-state index contributed by atoms with van der Waals surface area (Å²) in [5.74, 6) is -0.309. The van der Waals surface area contributed by atoms with Crippen molar-refractivity contribution >= 4 is 17.3 Å². The topological polar surface area (TPSA) is 98.3 Å². The Morgan fingerprint density at radius 1 is 1.29 bits per heavy atom. The van der Waals surface area contributed by atoms with Crippen LogP contribution in [0, 0.1) is 17.0 Å². The summed E-state index contributed by atoms with van der Waals surface area (Å²) < 4.78 is 0. The number of carbonyl (C=O) groups is 1. The molecule has 2 aromatic carbocycles. The maximum absolute atomic E-state index is 12.2. The van der Waals surface area contributed by atoms with Crippen LogP contribution in [0.5, 0.6) is 0 Å². The first kappa shape index (κ1) is 14.7.